The van der Waals surface area contributed by atoms with Gasteiger partial charge in [0.15, 0.2) is 0 Å². The van der Waals surface area contributed by atoms with Gasteiger partial charge in [-0.3, -0.25) is 19.9 Å². The van der Waals surface area contributed by atoms with E-state index >= 15 is 0 Å². The summed E-state index contributed by atoms with van der Waals surface area (Å²) in [5.41, 5.74) is 9.53. The molecule has 4 N–H and O–H groups in total. The molecular formula is C29H28N4O4. The number of aliphatic hydroxyl groups is 1. The topological polar surface area (TPSA) is 130 Å². The number of carbonyl (C=O) groups is 2. The SMILES string of the molecule is CCOC(=O)CN(C(=O)c1ccccc1)c1ccc2c(C)cc(C(O)c3ccc(C(=N)N)cc3)nc2c1. The number of rotatable bonds is 8. The van der Waals surface area contributed by atoms with Crippen molar-refractivity contribution >= 4 is 34.3 Å². The Morgan fingerprint density at radius 1 is 1.03 bits per heavy atom. The Morgan fingerprint density at radius 2 is 1.73 bits per heavy atom. The number of fused-ring (bicyclic) bond motifs is 1. The number of esters is 1. The van der Waals surface area contributed by atoms with Crippen molar-refractivity contribution in [3.8, 4) is 0 Å². The molecule has 1 amide bonds. The molecule has 0 aliphatic rings. The van der Waals surface area contributed by atoms with Crippen LogP contribution in [0.5, 0.6) is 0 Å². The van der Waals surface area contributed by atoms with Crippen LogP contribution in [-0.4, -0.2) is 41.0 Å². The molecule has 0 aliphatic heterocycles. The van der Waals surface area contributed by atoms with Crippen molar-refractivity contribution in [1.82, 2.24) is 4.98 Å². The van der Waals surface area contributed by atoms with E-state index in [9.17, 15) is 14.7 Å². The van der Waals surface area contributed by atoms with Crippen LogP contribution in [0, 0.1) is 12.3 Å². The zero-order valence-electron chi connectivity index (χ0n) is 20.6. The highest BCUT2D eigenvalue weighted by Gasteiger charge is 2.22. The molecule has 37 heavy (non-hydrogen) atoms. The van der Waals surface area contributed by atoms with Crippen molar-refractivity contribution in [3.05, 3.63) is 107 Å². The normalized spacial score (nSPS) is 11.6. The molecule has 188 valence electrons. The first-order valence-electron chi connectivity index (χ1n) is 11.8. The fraction of sp³-hybridized carbons (Fsp3) is 0.172. The summed E-state index contributed by atoms with van der Waals surface area (Å²) in [7, 11) is 0. The van der Waals surface area contributed by atoms with E-state index in [0.717, 1.165) is 10.9 Å². The van der Waals surface area contributed by atoms with Crippen LogP contribution < -0.4 is 10.6 Å². The quantitative estimate of drug-likeness (QED) is 0.191. The van der Waals surface area contributed by atoms with E-state index in [1.165, 1.54) is 4.90 Å². The summed E-state index contributed by atoms with van der Waals surface area (Å²) in [4.78, 5) is 31.8. The Balaban J connectivity index is 1.74. The molecule has 0 fully saturated rings. The number of hydrogen-bond acceptors (Lipinski definition) is 6. The van der Waals surface area contributed by atoms with E-state index in [2.05, 4.69) is 4.98 Å². The molecule has 0 aliphatic carbocycles. The van der Waals surface area contributed by atoms with Gasteiger partial charge in [0.25, 0.3) is 5.91 Å². The number of aromatic nitrogens is 1. The summed E-state index contributed by atoms with van der Waals surface area (Å²) in [5, 5.41) is 19.4. The van der Waals surface area contributed by atoms with Crippen LogP contribution in [0.4, 0.5) is 5.69 Å². The fourth-order valence-electron chi connectivity index (χ4n) is 4.09. The predicted molar refractivity (Wildman–Crippen MR) is 143 cm³/mol. The van der Waals surface area contributed by atoms with Crippen molar-refractivity contribution < 1.29 is 19.4 Å². The van der Waals surface area contributed by atoms with E-state index in [1.54, 1.807) is 67.6 Å². The number of nitrogens with zero attached hydrogens (tertiary/aromatic N) is 2. The standard InChI is InChI=1S/C29H28N4O4/c1-3-37-26(34)17-33(29(36)21-7-5-4-6-8-21)22-13-14-23-18(2)15-25(32-24(23)16-22)27(35)19-9-11-20(12-10-19)28(30)31/h4-16,27,35H,3,17H2,1-2H3,(H3,30,31). The highest BCUT2D eigenvalue weighted by atomic mass is 16.5. The fourth-order valence-corrected chi connectivity index (χ4v) is 4.09. The number of pyridine rings is 1. The van der Waals surface area contributed by atoms with Crippen molar-refractivity contribution in [2.45, 2.75) is 20.0 Å². The zero-order valence-corrected chi connectivity index (χ0v) is 20.6. The highest BCUT2D eigenvalue weighted by molar-refractivity contribution is 6.09. The molecule has 0 radical (unpaired) electrons. The molecule has 1 aromatic heterocycles. The molecule has 1 heterocycles. The third-order valence-corrected chi connectivity index (χ3v) is 6.01. The number of benzene rings is 3. The lowest BCUT2D eigenvalue weighted by Gasteiger charge is -2.23. The van der Waals surface area contributed by atoms with Gasteiger partial charge in [-0.05, 0) is 55.3 Å². The maximum Gasteiger partial charge on any atom is 0.326 e. The lowest BCUT2D eigenvalue weighted by atomic mass is 10.0. The smallest absolute Gasteiger partial charge is 0.326 e. The summed E-state index contributed by atoms with van der Waals surface area (Å²) in [6.45, 7) is 3.59. The van der Waals surface area contributed by atoms with Crippen LogP contribution in [0.25, 0.3) is 10.9 Å². The number of aliphatic hydroxyl groups excluding tert-OH is 1. The molecule has 0 spiro atoms. The minimum atomic E-state index is -1.01. The molecule has 0 bridgehead atoms. The number of nitrogens with one attached hydrogen (secondary N) is 1. The van der Waals surface area contributed by atoms with Crippen molar-refractivity contribution in [2.24, 2.45) is 5.73 Å². The average Bonchev–Trinajstić information content (AvgIpc) is 2.91. The first kappa shape index (κ1) is 25.5. The molecule has 0 saturated carbocycles. The van der Waals surface area contributed by atoms with Gasteiger partial charge >= 0.3 is 5.97 Å². The largest absolute Gasteiger partial charge is 0.465 e. The van der Waals surface area contributed by atoms with Crippen LogP contribution in [0.2, 0.25) is 0 Å². The van der Waals surface area contributed by atoms with Gasteiger partial charge in [-0.15, -0.1) is 0 Å². The van der Waals surface area contributed by atoms with Gasteiger partial charge in [0, 0.05) is 22.2 Å². The number of ether oxygens (including phenoxy) is 1. The van der Waals surface area contributed by atoms with Gasteiger partial charge in [-0.2, -0.15) is 0 Å². The maximum atomic E-state index is 13.4. The van der Waals surface area contributed by atoms with Crippen LogP contribution in [0.15, 0.2) is 78.9 Å². The number of nitrogen functional groups attached to an aromatic ring is 1. The van der Waals surface area contributed by atoms with Crippen LogP contribution >= 0.6 is 0 Å². The van der Waals surface area contributed by atoms with E-state index < -0.39 is 12.1 Å². The minimum absolute atomic E-state index is 0.0503. The van der Waals surface area contributed by atoms with E-state index in [1.807, 2.05) is 25.1 Å². The van der Waals surface area contributed by atoms with Crippen molar-refractivity contribution in [1.29, 1.82) is 5.41 Å². The predicted octanol–water partition coefficient (Wildman–Crippen LogP) is 4.12. The summed E-state index contributed by atoms with van der Waals surface area (Å²) in [5.74, 6) is -0.911. The molecule has 8 heteroatoms. The second-order valence-electron chi connectivity index (χ2n) is 8.57. The monoisotopic (exact) mass is 496 g/mol. The summed E-state index contributed by atoms with van der Waals surface area (Å²) >= 11 is 0. The highest BCUT2D eigenvalue weighted by Crippen LogP contribution is 2.29. The van der Waals surface area contributed by atoms with E-state index in [4.69, 9.17) is 15.9 Å². The Kier molecular flexibility index (Phi) is 7.60. The molecule has 8 nitrogen and oxygen atoms in total. The summed E-state index contributed by atoms with van der Waals surface area (Å²) < 4.78 is 5.11. The van der Waals surface area contributed by atoms with Crippen LogP contribution in [-0.2, 0) is 9.53 Å². The van der Waals surface area contributed by atoms with E-state index in [-0.39, 0.29) is 24.9 Å². The van der Waals surface area contributed by atoms with Gasteiger partial charge < -0.3 is 15.6 Å². The second-order valence-corrected chi connectivity index (χ2v) is 8.57. The van der Waals surface area contributed by atoms with Gasteiger partial charge in [0.1, 0.15) is 18.5 Å². The first-order chi connectivity index (χ1) is 17.8. The molecule has 3 aromatic carbocycles. The number of amidine groups is 1. The number of hydrogen-bond donors (Lipinski definition) is 3. The zero-order chi connectivity index (χ0) is 26.5. The molecule has 1 unspecified atom stereocenters. The summed E-state index contributed by atoms with van der Waals surface area (Å²) in [6, 6.07) is 22.7. The number of aryl methyl sites for hydroxylation is 1. The Morgan fingerprint density at radius 3 is 2.38 bits per heavy atom. The first-order valence-corrected chi connectivity index (χ1v) is 11.8. The van der Waals surface area contributed by atoms with Crippen molar-refractivity contribution in [2.75, 3.05) is 18.1 Å². The molecule has 4 rings (SSSR count). The number of amides is 1. The number of carbonyl (C=O) groups excluding carboxylic acids is 2. The Hall–Kier alpha value is -4.56. The van der Waals surface area contributed by atoms with Gasteiger partial charge in [-0.1, -0.05) is 48.5 Å². The third-order valence-electron chi connectivity index (χ3n) is 6.01. The lowest BCUT2D eigenvalue weighted by Crippen LogP contribution is -2.36. The lowest BCUT2D eigenvalue weighted by molar-refractivity contribution is -0.141. The Bertz CT molecular complexity index is 1450. The summed E-state index contributed by atoms with van der Waals surface area (Å²) in [6.07, 6.45) is -1.01. The van der Waals surface area contributed by atoms with Crippen LogP contribution in [0.3, 0.4) is 0 Å². The maximum absolute atomic E-state index is 13.4. The second kappa shape index (κ2) is 11.0. The Labute approximate surface area is 214 Å². The molecule has 4 aromatic rings. The van der Waals surface area contributed by atoms with Gasteiger partial charge in [0.05, 0.1) is 17.8 Å². The molecular weight excluding hydrogens is 468 g/mol. The molecule has 0 saturated heterocycles. The molecule has 1 atom stereocenters. The number of anilines is 1. The van der Waals surface area contributed by atoms with Crippen molar-refractivity contribution in [3.63, 3.8) is 0 Å². The third kappa shape index (κ3) is 5.65. The average molecular weight is 497 g/mol. The van der Waals surface area contributed by atoms with Crippen LogP contribution in [0.1, 0.15) is 45.8 Å². The van der Waals surface area contributed by atoms with Gasteiger partial charge in [-0.25, -0.2) is 4.98 Å². The minimum Gasteiger partial charge on any atom is -0.465 e. The van der Waals surface area contributed by atoms with E-state index in [0.29, 0.717) is 33.6 Å². The van der Waals surface area contributed by atoms with Gasteiger partial charge in [0.2, 0.25) is 0 Å². The number of nitrogens with two attached hydrogens (primary N) is 1.